The molecule has 0 atom stereocenters. The molecule has 0 fully saturated rings. The van der Waals surface area contributed by atoms with E-state index >= 15 is 0 Å². The molecule has 1 rings (SSSR count). The van der Waals surface area contributed by atoms with Crippen LogP contribution in [0.25, 0.3) is 0 Å². The average molecular weight is 204 g/mol. The number of hydrogen-bond acceptors (Lipinski definition) is 2. The van der Waals surface area contributed by atoms with E-state index in [4.69, 9.17) is 4.74 Å². The number of carbonyl (C=O) groups is 1. The fraction of sp³-hybridized carbons (Fsp3) is 0.308. The Balaban J connectivity index is 2.28. The number of carbonyl (C=O) groups excluding carboxylic acids is 1. The van der Waals surface area contributed by atoms with Crippen LogP contribution in [0.4, 0.5) is 0 Å². The number of benzene rings is 1. The molecule has 0 N–H and O–H groups in total. The second kappa shape index (κ2) is 6.82. The topological polar surface area (TPSA) is 26.3 Å². The third-order valence-electron chi connectivity index (χ3n) is 1.93. The van der Waals surface area contributed by atoms with Crippen LogP contribution in [-0.4, -0.2) is 5.97 Å². The lowest BCUT2D eigenvalue weighted by Gasteiger charge is -2.01. The van der Waals surface area contributed by atoms with Gasteiger partial charge >= 0.3 is 5.97 Å². The number of rotatable bonds is 5. The van der Waals surface area contributed by atoms with Gasteiger partial charge in [-0.05, 0) is 12.0 Å². The molecule has 0 radical (unpaired) electrons. The van der Waals surface area contributed by atoms with Crippen molar-refractivity contribution in [3.63, 3.8) is 0 Å². The molecule has 2 heteroatoms. The second-order valence-corrected chi connectivity index (χ2v) is 3.28. The maximum atomic E-state index is 11.2. The van der Waals surface area contributed by atoms with Crippen molar-refractivity contribution in [2.24, 2.45) is 0 Å². The van der Waals surface area contributed by atoms with Crippen LogP contribution in [0.5, 0.6) is 0 Å². The summed E-state index contributed by atoms with van der Waals surface area (Å²) in [6.07, 6.45) is 5.29. The highest BCUT2D eigenvalue weighted by molar-refractivity contribution is 5.81. The molecule has 2 nitrogen and oxygen atoms in total. The standard InChI is InChI=1S/C13H16O2/c1-2-3-5-10-13(14)15-11-12-8-6-4-7-9-12/h4-10H,2-3,11H2,1H3/b10-5+. The molecule has 0 aromatic heterocycles. The number of allylic oxidation sites excluding steroid dienone is 1. The van der Waals surface area contributed by atoms with Crippen LogP contribution in [0.2, 0.25) is 0 Å². The monoisotopic (exact) mass is 204 g/mol. The zero-order chi connectivity index (χ0) is 10.9. The predicted molar refractivity (Wildman–Crippen MR) is 60.3 cm³/mol. The molecular formula is C13H16O2. The first-order chi connectivity index (χ1) is 7.33. The Morgan fingerprint density at radius 1 is 1.33 bits per heavy atom. The molecule has 0 aliphatic rings. The van der Waals surface area contributed by atoms with Crippen molar-refractivity contribution in [2.75, 3.05) is 0 Å². The van der Waals surface area contributed by atoms with Crippen molar-refractivity contribution >= 4 is 5.97 Å². The van der Waals surface area contributed by atoms with Crippen LogP contribution in [0, 0.1) is 0 Å². The minimum absolute atomic E-state index is 0.271. The van der Waals surface area contributed by atoms with Crippen LogP contribution in [-0.2, 0) is 16.1 Å². The fourth-order valence-corrected chi connectivity index (χ4v) is 1.12. The van der Waals surface area contributed by atoms with Gasteiger partial charge in [0.25, 0.3) is 0 Å². The first-order valence-corrected chi connectivity index (χ1v) is 5.20. The van der Waals surface area contributed by atoms with E-state index in [1.54, 1.807) is 0 Å². The lowest BCUT2D eigenvalue weighted by atomic mass is 10.2. The Hall–Kier alpha value is -1.57. The van der Waals surface area contributed by atoms with E-state index in [1.165, 1.54) is 6.08 Å². The van der Waals surface area contributed by atoms with Crippen LogP contribution in [0.3, 0.4) is 0 Å². The van der Waals surface area contributed by atoms with Gasteiger partial charge < -0.3 is 4.74 Å². The molecule has 0 amide bonds. The van der Waals surface area contributed by atoms with Crippen molar-refractivity contribution in [3.05, 3.63) is 48.0 Å². The minimum Gasteiger partial charge on any atom is -0.458 e. The Kier molecular flexibility index (Phi) is 5.23. The lowest BCUT2D eigenvalue weighted by molar-refractivity contribution is -0.139. The summed E-state index contributed by atoms with van der Waals surface area (Å²) in [6.45, 7) is 2.41. The molecule has 80 valence electrons. The molecule has 0 saturated heterocycles. The Bertz CT molecular complexity index is 315. The maximum absolute atomic E-state index is 11.2. The summed E-state index contributed by atoms with van der Waals surface area (Å²) in [5.41, 5.74) is 1.01. The molecule has 1 aromatic rings. The molecular weight excluding hydrogens is 188 g/mol. The van der Waals surface area contributed by atoms with Gasteiger partial charge in [-0.25, -0.2) is 4.79 Å². The Labute approximate surface area is 90.6 Å². The highest BCUT2D eigenvalue weighted by Crippen LogP contribution is 2.01. The van der Waals surface area contributed by atoms with Crippen LogP contribution >= 0.6 is 0 Å². The largest absolute Gasteiger partial charge is 0.458 e. The first-order valence-electron chi connectivity index (χ1n) is 5.20. The number of esters is 1. The summed E-state index contributed by atoms with van der Waals surface area (Å²) in [7, 11) is 0. The Morgan fingerprint density at radius 3 is 2.73 bits per heavy atom. The molecule has 1 aromatic carbocycles. The van der Waals surface area contributed by atoms with Crippen LogP contribution in [0.15, 0.2) is 42.5 Å². The number of ether oxygens (including phenoxy) is 1. The smallest absolute Gasteiger partial charge is 0.330 e. The SMILES string of the molecule is CCC/C=C/C(=O)OCc1ccccc1. The summed E-state index contributed by atoms with van der Waals surface area (Å²) in [6, 6.07) is 9.66. The van der Waals surface area contributed by atoms with Crippen LogP contribution < -0.4 is 0 Å². The van der Waals surface area contributed by atoms with E-state index in [9.17, 15) is 4.79 Å². The summed E-state index contributed by atoms with van der Waals surface area (Å²) < 4.78 is 5.05. The highest BCUT2D eigenvalue weighted by Gasteiger charge is 1.96. The molecule has 0 aliphatic heterocycles. The van der Waals surface area contributed by atoms with Gasteiger partial charge in [-0.3, -0.25) is 0 Å². The van der Waals surface area contributed by atoms with Crippen molar-refractivity contribution in [1.82, 2.24) is 0 Å². The molecule has 0 spiro atoms. The zero-order valence-corrected chi connectivity index (χ0v) is 8.98. The van der Waals surface area contributed by atoms with E-state index in [-0.39, 0.29) is 5.97 Å². The van der Waals surface area contributed by atoms with Gasteiger partial charge in [-0.2, -0.15) is 0 Å². The van der Waals surface area contributed by atoms with Gasteiger partial charge in [0.15, 0.2) is 0 Å². The number of unbranched alkanes of at least 4 members (excludes halogenated alkanes) is 1. The quantitative estimate of drug-likeness (QED) is 0.544. The molecule has 0 saturated carbocycles. The molecule has 0 bridgehead atoms. The first kappa shape index (κ1) is 11.5. The van der Waals surface area contributed by atoms with Crippen molar-refractivity contribution < 1.29 is 9.53 Å². The second-order valence-electron chi connectivity index (χ2n) is 3.28. The van der Waals surface area contributed by atoms with Gasteiger partial charge in [0, 0.05) is 6.08 Å². The van der Waals surface area contributed by atoms with E-state index in [0.29, 0.717) is 6.61 Å². The van der Waals surface area contributed by atoms with Crippen molar-refractivity contribution in [1.29, 1.82) is 0 Å². The number of hydrogen-bond donors (Lipinski definition) is 0. The maximum Gasteiger partial charge on any atom is 0.330 e. The molecule has 0 heterocycles. The average Bonchev–Trinajstić information content (AvgIpc) is 2.28. The summed E-state index contributed by atoms with van der Waals surface area (Å²) in [5.74, 6) is -0.271. The van der Waals surface area contributed by atoms with E-state index in [2.05, 4.69) is 6.92 Å². The molecule has 0 unspecified atom stereocenters. The van der Waals surface area contributed by atoms with Crippen molar-refractivity contribution in [2.45, 2.75) is 26.4 Å². The third kappa shape index (κ3) is 5.01. The minimum atomic E-state index is -0.271. The normalized spacial score (nSPS) is 10.5. The fourth-order valence-electron chi connectivity index (χ4n) is 1.12. The van der Waals surface area contributed by atoms with Crippen molar-refractivity contribution in [3.8, 4) is 0 Å². The highest BCUT2D eigenvalue weighted by atomic mass is 16.5. The van der Waals surface area contributed by atoms with Gasteiger partial charge in [-0.1, -0.05) is 49.8 Å². The van der Waals surface area contributed by atoms with E-state index in [0.717, 1.165) is 18.4 Å². The van der Waals surface area contributed by atoms with E-state index < -0.39 is 0 Å². The van der Waals surface area contributed by atoms with Gasteiger partial charge in [-0.15, -0.1) is 0 Å². The lowest BCUT2D eigenvalue weighted by Crippen LogP contribution is -2.00. The molecule has 0 aliphatic carbocycles. The van der Waals surface area contributed by atoms with Gasteiger partial charge in [0.1, 0.15) is 6.61 Å². The predicted octanol–water partition coefficient (Wildman–Crippen LogP) is 3.09. The Morgan fingerprint density at radius 2 is 2.07 bits per heavy atom. The molecule has 15 heavy (non-hydrogen) atoms. The van der Waals surface area contributed by atoms with Gasteiger partial charge in [0.2, 0.25) is 0 Å². The summed E-state index contributed by atoms with van der Waals surface area (Å²) in [5, 5.41) is 0. The third-order valence-corrected chi connectivity index (χ3v) is 1.93. The summed E-state index contributed by atoms with van der Waals surface area (Å²) in [4.78, 5) is 11.2. The zero-order valence-electron chi connectivity index (χ0n) is 8.98. The van der Waals surface area contributed by atoms with E-state index in [1.807, 2.05) is 36.4 Å². The summed E-state index contributed by atoms with van der Waals surface area (Å²) >= 11 is 0. The van der Waals surface area contributed by atoms with Gasteiger partial charge in [0.05, 0.1) is 0 Å². The van der Waals surface area contributed by atoms with Crippen LogP contribution in [0.1, 0.15) is 25.3 Å².